The summed E-state index contributed by atoms with van der Waals surface area (Å²) < 4.78 is 75.1. The van der Waals surface area contributed by atoms with Gasteiger partial charge in [-0.05, 0) is 82.6 Å². The van der Waals surface area contributed by atoms with Gasteiger partial charge in [-0.2, -0.15) is 16.8 Å². The van der Waals surface area contributed by atoms with Crippen molar-refractivity contribution in [2.24, 2.45) is 0 Å². The normalized spacial score (nSPS) is 13.5. The van der Waals surface area contributed by atoms with Crippen LogP contribution >= 0.6 is 22.7 Å². The number of fused-ring (bicyclic) bond motifs is 2. The van der Waals surface area contributed by atoms with E-state index in [9.17, 15) is 16.8 Å². The SMILES string of the molecule is O=S(=O)(c1sccc1-c1ccc2c(c1)OCO2)n1cccc1.O=S(=O)(c1sccc1-c1ccc2c(c1)OCO2)n1cccc1. The van der Waals surface area contributed by atoms with Gasteiger partial charge in [0.2, 0.25) is 13.6 Å². The van der Waals surface area contributed by atoms with E-state index >= 15 is 0 Å². The topological polar surface area (TPSA) is 115 Å². The highest BCUT2D eigenvalue weighted by Crippen LogP contribution is 2.41. The van der Waals surface area contributed by atoms with Crippen LogP contribution in [0.5, 0.6) is 23.0 Å². The van der Waals surface area contributed by atoms with Crippen molar-refractivity contribution in [1.82, 2.24) is 7.94 Å². The number of ether oxygens (including phenoxy) is 4. The molecule has 8 rings (SSSR count). The molecule has 2 aliphatic rings. The van der Waals surface area contributed by atoms with Gasteiger partial charge in [0, 0.05) is 35.9 Å². The van der Waals surface area contributed by atoms with E-state index in [0.29, 0.717) is 42.5 Å². The zero-order valence-corrected chi connectivity index (χ0v) is 25.9. The Hall–Kier alpha value is -4.50. The standard InChI is InChI=1S/2C15H11NO4S2/c2*17-22(18,16-6-1-2-7-16)15-12(5-8-21-15)11-3-4-13-14(9-11)20-10-19-13/h2*1-9H,10H2. The molecule has 0 fully saturated rings. The fourth-order valence-electron chi connectivity index (χ4n) is 4.70. The van der Waals surface area contributed by atoms with E-state index in [4.69, 9.17) is 18.9 Å². The summed E-state index contributed by atoms with van der Waals surface area (Å²) in [5.74, 6) is 2.61. The van der Waals surface area contributed by atoms with Gasteiger partial charge in [0.25, 0.3) is 20.0 Å². The van der Waals surface area contributed by atoms with Gasteiger partial charge in [-0.3, -0.25) is 0 Å². The number of hydrogen-bond donors (Lipinski definition) is 0. The highest BCUT2D eigenvalue weighted by molar-refractivity contribution is 7.92. The molecule has 0 saturated heterocycles. The summed E-state index contributed by atoms with van der Waals surface area (Å²) in [6.07, 6.45) is 6.11. The van der Waals surface area contributed by atoms with Crippen molar-refractivity contribution in [3.05, 3.63) is 108 Å². The Morgan fingerprint density at radius 1 is 0.523 bits per heavy atom. The first-order valence-corrected chi connectivity index (χ1v) is 17.7. The van der Waals surface area contributed by atoms with Gasteiger partial charge >= 0.3 is 0 Å². The minimum absolute atomic E-state index is 0.191. The van der Waals surface area contributed by atoms with Crippen molar-refractivity contribution in [3.8, 4) is 45.3 Å². The molecule has 0 atom stereocenters. The maximum Gasteiger partial charge on any atom is 0.277 e. The van der Waals surface area contributed by atoms with Crippen molar-refractivity contribution < 1.29 is 35.8 Å². The third-order valence-electron chi connectivity index (χ3n) is 6.80. The summed E-state index contributed by atoms with van der Waals surface area (Å²) >= 11 is 2.40. The smallest absolute Gasteiger partial charge is 0.277 e. The van der Waals surface area contributed by atoms with Crippen LogP contribution in [0.15, 0.2) is 117 Å². The minimum atomic E-state index is -3.58. The summed E-state index contributed by atoms with van der Waals surface area (Å²) in [5.41, 5.74) is 2.90. The summed E-state index contributed by atoms with van der Waals surface area (Å²) in [4.78, 5) is 0. The Kier molecular flexibility index (Phi) is 7.20. The van der Waals surface area contributed by atoms with Crippen LogP contribution < -0.4 is 18.9 Å². The van der Waals surface area contributed by atoms with E-state index in [0.717, 1.165) is 11.1 Å². The molecule has 0 radical (unpaired) electrons. The molecule has 6 heterocycles. The lowest BCUT2D eigenvalue weighted by atomic mass is 10.1. The van der Waals surface area contributed by atoms with Crippen LogP contribution in [0.1, 0.15) is 0 Å². The van der Waals surface area contributed by atoms with Crippen LogP contribution in [0.25, 0.3) is 22.3 Å². The molecule has 2 aromatic carbocycles. The fraction of sp³-hybridized carbons (Fsp3) is 0.0667. The Labute approximate surface area is 261 Å². The number of thiophene rings is 2. The first-order chi connectivity index (χ1) is 21.3. The van der Waals surface area contributed by atoms with E-state index in [2.05, 4.69) is 0 Å². The molecule has 224 valence electrons. The largest absolute Gasteiger partial charge is 0.454 e. The van der Waals surface area contributed by atoms with Gasteiger partial charge in [0.1, 0.15) is 8.42 Å². The van der Waals surface area contributed by atoms with Crippen molar-refractivity contribution in [1.29, 1.82) is 0 Å². The maximum atomic E-state index is 12.7. The van der Waals surface area contributed by atoms with E-state index in [-0.39, 0.29) is 13.6 Å². The molecule has 0 unspecified atom stereocenters. The monoisotopic (exact) mass is 666 g/mol. The first kappa shape index (κ1) is 28.3. The van der Waals surface area contributed by atoms with Gasteiger partial charge in [-0.25, -0.2) is 7.94 Å². The lowest BCUT2D eigenvalue weighted by Gasteiger charge is -2.07. The van der Waals surface area contributed by atoms with E-state index in [1.54, 1.807) is 71.4 Å². The van der Waals surface area contributed by atoms with Crippen LogP contribution in [-0.4, -0.2) is 38.4 Å². The molecule has 0 spiro atoms. The number of nitrogens with zero attached hydrogens (tertiary/aromatic N) is 2. The fourth-order valence-corrected chi connectivity index (χ4v) is 10.0. The minimum Gasteiger partial charge on any atom is -0.454 e. The molecule has 44 heavy (non-hydrogen) atoms. The van der Waals surface area contributed by atoms with Crippen LogP contribution in [0.3, 0.4) is 0 Å². The second-order valence-electron chi connectivity index (χ2n) is 9.42. The van der Waals surface area contributed by atoms with Gasteiger partial charge in [0.15, 0.2) is 23.0 Å². The molecule has 0 saturated carbocycles. The molecule has 2 aliphatic heterocycles. The zero-order chi connectivity index (χ0) is 30.3. The summed E-state index contributed by atoms with van der Waals surface area (Å²) in [7, 11) is -7.16. The van der Waals surface area contributed by atoms with E-state index in [1.807, 2.05) is 12.1 Å². The van der Waals surface area contributed by atoms with Gasteiger partial charge in [-0.15, -0.1) is 22.7 Å². The highest BCUT2D eigenvalue weighted by Gasteiger charge is 2.25. The molecule has 6 aromatic rings. The Morgan fingerprint density at radius 2 is 0.909 bits per heavy atom. The number of aromatic nitrogens is 2. The van der Waals surface area contributed by atoms with Crippen molar-refractivity contribution in [2.45, 2.75) is 8.42 Å². The van der Waals surface area contributed by atoms with Crippen molar-refractivity contribution >= 4 is 42.7 Å². The lowest BCUT2D eigenvalue weighted by Crippen LogP contribution is -2.10. The van der Waals surface area contributed by atoms with Crippen LogP contribution in [0.2, 0.25) is 0 Å². The first-order valence-electron chi connectivity index (χ1n) is 13.0. The van der Waals surface area contributed by atoms with Gasteiger partial charge < -0.3 is 18.9 Å². The second-order valence-corrected chi connectivity index (χ2v) is 15.3. The summed E-state index contributed by atoms with van der Waals surface area (Å²) in [5, 5.41) is 3.55. The van der Waals surface area contributed by atoms with Gasteiger partial charge in [0.05, 0.1) is 0 Å². The molecule has 0 N–H and O–H groups in total. The molecular formula is C30H22N2O8S4. The van der Waals surface area contributed by atoms with Crippen LogP contribution in [0, 0.1) is 0 Å². The zero-order valence-electron chi connectivity index (χ0n) is 22.6. The molecule has 14 heteroatoms. The predicted octanol–water partition coefficient (Wildman–Crippen LogP) is 6.36. The summed E-state index contributed by atoms with van der Waals surface area (Å²) in [6.45, 7) is 0.383. The molecule has 0 amide bonds. The quantitative estimate of drug-likeness (QED) is 0.202. The number of benzene rings is 2. The van der Waals surface area contributed by atoms with Gasteiger partial charge in [-0.1, -0.05) is 12.1 Å². The van der Waals surface area contributed by atoms with E-state index < -0.39 is 20.0 Å². The second kappa shape index (κ2) is 11.2. The van der Waals surface area contributed by atoms with Crippen LogP contribution in [-0.2, 0) is 20.0 Å². The maximum absolute atomic E-state index is 12.7. The number of hydrogen-bond acceptors (Lipinski definition) is 10. The summed E-state index contributed by atoms with van der Waals surface area (Å²) in [6, 6.07) is 21.2. The third-order valence-corrected chi connectivity index (χ3v) is 13.0. The Morgan fingerprint density at radius 3 is 1.32 bits per heavy atom. The average Bonchev–Trinajstić information content (AvgIpc) is 3.86. The molecular weight excluding hydrogens is 645 g/mol. The Balaban J connectivity index is 0.000000142. The molecule has 0 bridgehead atoms. The Bertz CT molecular complexity index is 2010. The molecule has 10 nitrogen and oxygen atoms in total. The van der Waals surface area contributed by atoms with Crippen LogP contribution in [0.4, 0.5) is 0 Å². The average molecular weight is 667 g/mol. The molecule has 0 aliphatic carbocycles. The predicted molar refractivity (Wildman–Crippen MR) is 166 cm³/mol. The third kappa shape index (κ3) is 5.05. The lowest BCUT2D eigenvalue weighted by molar-refractivity contribution is 0.173. The highest BCUT2D eigenvalue weighted by atomic mass is 32.3. The van der Waals surface area contributed by atoms with Crippen molar-refractivity contribution in [2.75, 3.05) is 13.6 Å². The number of rotatable bonds is 6. The molecule has 4 aromatic heterocycles. The van der Waals surface area contributed by atoms with E-state index in [1.165, 1.54) is 55.4 Å². The van der Waals surface area contributed by atoms with Crippen molar-refractivity contribution in [3.63, 3.8) is 0 Å².